The molecule has 0 saturated heterocycles. The molecule has 0 bridgehead atoms. The van der Waals surface area contributed by atoms with Gasteiger partial charge in [-0.25, -0.2) is 4.79 Å². The third-order valence-corrected chi connectivity index (χ3v) is 5.12. The first-order valence-corrected chi connectivity index (χ1v) is 10.7. The van der Waals surface area contributed by atoms with Gasteiger partial charge in [0.25, 0.3) is 5.88 Å². The Morgan fingerprint density at radius 2 is 1.51 bits per heavy atom. The van der Waals surface area contributed by atoms with E-state index < -0.39 is 17.8 Å². The van der Waals surface area contributed by atoms with E-state index in [1.807, 2.05) is 0 Å². The minimum atomic E-state index is -4.70. The molecule has 9 nitrogen and oxygen atoms in total. The molecular formula is C25H21F3N4O5. The topological polar surface area (TPSA) is 86.3 Å². The van der Waals surface area contributed by atoms with Crippen molar-refractivity contribution in [3.8, 4) is 17.6 Å². The summed E-state index contributed by atoms with van der Waals surface area (Å²) in [5, 5.41) is 1.94. The molecule has 1 heterocycles. The van der Waals surface area contributed by atoms with E-state index >= 15 is 0 Å². The second-order valence-corrected chi connectivity index (χ2v) is 7.43. The Bertz CT molecular complexity index is 1400. The van der Waals surface area contributed by atoms with E-state index in [9.17, 15) is 18.0 Å². The Balaban J connectivity index is 1.81. The number of nitrogens with zero attached hydrogens (tertiary/aromatic N) is 4. The highest BCUT2D eigenvalue weighted by Crippen LogP contribution is 2.36. The van der Waals surface area contributed by atoms with Gasteiger partial charge in [-0.3, -0.25) is 4.84 Å². The average Bonchev–Trinajstić information content (AvgIpc) is 2.91. The van der Waals surface area contributed by atoms with Crippen molar-refractivity contribution in [3.05, 3.63) is 78.4 Å². The van der Waals surface area contributed by atoms with Crippen molar-refractivity contribution in [2.24, 2.45) is 0 Å². The Hall–Kier alpha value is -4.58. The SMILES string of the molecule is COc1cc(N(OC)C(=O)N(Oc2nc(OC)nc3ccccc23)c2ccccc2)cc(C(F)(F)F)c1. The van der Waals surface area contributed by atoms with Crippen LogP contribution >= 0.6 is 0 Å². The standard InChI is InChI=1S/C25H21F3N4O5/c1-34-19-14-16(25(26,27)28)13-18(15-19)31(36-3)24(33)32(17-9-5-4-6-10-17)37-22-20-11-7-8-12-21(20)29-23(30-22)35-2/h4-15H,1-3H3. The predicted molar refractivity (Wildman–Crippen MR) is 129 cm³/mol. The van der Waals surface area contributed by atoms with Crippen molar-refractivity contribution in [1.29, 1.82) is 0 Å². The van der Waals surface area contributed by atoms with Gasteiger partial charge in [0.2, 0.25) is 0 Å². The van der Waals surface area contributed by atoms with E-state index in [2.05, 4.69) is 9.97 Å². The highest BCUT2D eigenvalue weighted by molar-refractivity contribution is 6.01. The first kappa shape index (κ1) is 25.5. The van der Waals surface area contributed by atoms with E-state index in [-0.39, 0.29) is 29.0 Å². The number of para-hydroxylation sites is 2. The molecule has 4 rings (SSSR count). The van der Waals surface area contributed by atoms with Crippen molar-refractivity contribution < 1.29 is 37.1 Å². The zero-order valence-corrected chi connectivity index (χ0v) is 19.9. The molecule has 0 atom stereocenters. The Morgan fingerprint density at radius 3 is 2.16 bits per heavy atom. The van der Waals surface area contributed by atoms with Crippen LogP contribution in [0.4, 0.5) is 29.3 Å². The van der Waals surface area contributed by atoms with Crippen molar-refractivity contribution in [3.63, 3.8) is 0 Å². The number of fused-ring (bicyclic) bond motifs is 1. The minimum Gasteiger partial charge on any atom is -0.497 e. The summed E-state index contributed by atoms with van der Waals surface area (Å²) < 4.78 is 50.7. The van der Waals surface area contributed by atoms with Crippen molar-refractivity contribution in [2.45, 2.75) is 6.18 Å². The molecule has 0 saturated carbocycles. The number of anilines is 2. The van der Waals surface area contributed by atoms with Crippen LogP contribution in [0.25, 0.3) is 10.9 Å². The lowest BCUT2D eigenvalue weighted by molar-refractivity contribution is -0.137. The third-order valence-electron chi connectivity index (χ3n) is 5.12. The summed E-state index contributed by atoms with van der Waals surface area (Å²) in [6.07, 6.45) is -4.70. The van der Waals surface area contributed by atoms with E-state index in [0.717, 1.165) is 24.3 Å². The number of carbonyl (C=O) groups is 1. The molecule has 0 aliphatic carbocycles. The number of benzene rings is 3. The summed E-state index contributed by atoms with van der Waals surface area (Å²) in [6.45, 7) is 0. The van der Waals surface area contributed by atoms with E-state index in [1.54, 1.807) is 54.6 Å². The number of hydroxylamine groups is 2. The van der Waals surface area contributed by atoms with Crippen LogP contribution in [0.5, 0.6) is 17.6 Å². The average molecular weight is 514 g/mol. The highest BCUT2D eigenvalue weighted by atomic mass is 19.4. The van der Waals surface area contributed by atoms with E-state index in [1.165, 1.54) is 20.3 Å². The van der Waals surface area contributed by atoms with Gasteiger partial charge < -0.3 is 14.3 Å². The summed E-state index contributed by atoms with van der Waals surface area (Å²) >= 11 is 0. The van der Waals surface area contributed by atoms with Crippen molar-refractivity contribution >= 4 is 28.3 Å². The van der Waals surface area contributed by atoms with Gasteiger partial charge in [-0.15, -0.1) is 5.06 Å². The fraction of sp³-hybridized carbons (Fsp3) is 0.160. The molecule has 0 radical (unpaired) electrons. The molecule has 12 heteroatoms. The maximum atomic E-state index is 13.7. The number of hydrogen-bond donors (Lipinski definition) is 0. The predicted octanol–water partition coefficient (Wildman–Crippen LogP) is 5.65. The number of rotatable bonds is 7. The second kappa shape index (κ2) is 10.6. The first-order valence-electron chi connectivity index (χ1n) is 10.7. The molecule has 0 unspecified atom stereocenters. The molecule has 3 aromatic carbocycles. The van der Waals surface area contributed by atoms with Crippen LogP contribution in [-0.4, -0.2) is 37.3 Å². The maximum Gasteiger partial charge on any atom is 0.416 e. The number of aromatic nitrogens is 2. The number of hydrogen-bond acceptors (Lipinski definition) is 7. The fourth-order valence-corrected chi connectivity index (χ4v) is 3.40. The number of alkyl halides is 3. The molecular weight excluding hydrogens is 493 g/mol. The number of urea groups is 1. The fourth-order valence-electron chi connectivity index (χ4n) is 3.40. The van der Waals surface area contributed by atoms with Gasteiger partial charge in [-0.1, -0.05) is 30.3 Å². The molecule has 0 spiro atoms. The minimum absolute atomic E-state index is 0.0135. The summed E-state index contributed by atoms with van der Waals surface area (Å²) in [7, 11) is 3.73. The summed E-state index contributed by atoms with van der Waals surface area (Å²) in [5.41, 5.74) is -0.546. The number of ether oxygens (including phenoxy) is 2. The normalized spacial score (nSPS) is 11.2. The van der Waals surface area contributed by atoms with Crippen LogP contribution < -0.4 is 24.4 Å². The number of carbonyl (C=O) groups excluding carboxylic acids is 1. The van der Waals surface area contributed by atoms with E-state index in [0.29, 0.717) is 16.0 Å². The van der Waals surface area contributed by atoms with Crippen molar-refractivity contribution in [2.75, 3.05) is 31.5 Å². The summed E-state index contributed by atoms with van der Waals surface area (Å²) in [5.74, 6) is -0.157. The van der Waals surface area contributed by atoms with Crippen molar-refractivity contribution in [1.82, 2.24) is 9.97 Å². The molecule has 192 valence electrons. The van der Waals surface area contributed by atoms with Crippen LogP contribution in [0.1, 0.15) is 5.56 Å². The van der Waals surface area contributed by atoms with Gasteiger partial charge in [0.05, 0.1) is 49.2 Å². The first-order chi connectivity index (χ1) is 17.7. The molecule has 0 aliphatic rings. The van der Waals surface area contributed by atoms with Gasteiger partial charge in [-0.05, 0) is 36.4 Å². The van der Waals surface area contributed by atoms with Gasteiger partial charge in [-0.2, -0.15) is 28.2 Å². The number of amides is 2. The van der Waals surface area contributed by atoms with Gasteiger partial charge in [0, 0.05) is 6.07 Å². The molecule has 2 amide bonds. The van der Waals surface area contributed by atoms with Crippen LogP contribution in [0.2, 0.25) is 0 Å². The zero-order valence-electron chi connectivity index (χ0n) is 19.9. The number of halogens is 3. The summed E-state index contributed by atoms with van der Waals surface area (Å²) in [6, 6.07) is 16.9. The Labute approximate surface area is 209 Å². The third kappa shape index (κ3) is 5.48. The molecule has 0 aliphatic heterocycles. The number of methoxy groups -OCH3 is 2. The molecule has 37 heavy (non-hydrogen) atoms. The van der Waals surface area contributed by atoms with Gasteiger partial charge >= 0.3 is 18.2 Å². The lowest BCUT2D eigenvalue weighted by atomic mass is 10.1. The molecule has 0 N–H and O–H groups in total. The zero-order chi connectivity index (χ0) is 26.6. The monoisotopic (exact) mass is 514 g/mol. The Morgan fingerprint density at radius 1 is 0.811 bits per heavy atom. The van der Waals surface area contributed by atoms with Crippen LogP contribution in [0.15, 0.2) is 72.8 Å². The lowest BCUT2D eigenvalue weighted by Crippen LogP contribution is -2.45. The van der Waals surface area contributed by atoms with E-state index in [4.69, 9.17) is 19.1 Å². The quantitative estimate of drug-likeness (QED) is 0.295. The summed E-state index contributed by atoms with van der Waals surface area (Å²) in [4.78, 5) is 33.4. The van der Waals surface area contributed by atoms with Crippen LogP contribution in [0, 0.1) is 0 Å². The maximum absolute atomic E-state index is 13.7. The molecule has 4 aromatic rings. The second-order valence-electron chi connectivity index (χ2n) is 7.43. The molecule has 1 aromatic heterocycles. The largest absolute Gasteiger partial charge is 0.497 e. The van der Waals surface area contributed by atoms with Crippen LogP contribution in [0.3, 0.4) is 0 Å². The van der Waals surface area contributed by atoms with Crippen LogP contribution in [-0.2, 0) is 11.0 Å². The highest BCUT2D eigenvalue weighted by Gasteiger charge is 2.34. The van der Waals surface area contributed by atoms with Gasteiger partial charge in [0.15, 0.2) is 0 Å². The smallest absolute Gasteiger partial charge is 0.416 e. The lowest BCUT2D eigenvalue weighted by Gasteiger charge is -2.28. The Kier molecular flexibility index (Phi) is 7.30. The molecule has 0 fully saturated rings. The van der Waals surface area contributed by atoms with Gasteiger partial charge in [0.1, 0.15) is 5.75 Å².